The van der Waals surface area contributed by atoms with Crippen molar-refractivity contribution in [3.63, 3.8) is 0 Å². The fourth-order valence-electron chi connectivity index (χ4n) is 1.37. The summed E-state index contributed by atoms with van der Waals surface area (Å²) in [5, 5.41) is 2.03. The third-order valence-corrected chi connectivity index (χ3v) is 4.25. The summed E-state index contributed by atoms with van der Waals surface area (Å²) < 4.78 is 6.47. The van der Waals surface area contributed by atoms with Crippen LogP contribution in [0.2, 0.25) is 0 Å². The Bertz CT molecular complexity index is 511. The summed E-state index contributed by atoms with van der Waals surface area (Å²) in [6.07, 6.45) is 0. The van der Waals surface area contributed by atoms with Gasteiger partial charge in [0.05, 0.1) is 12.3 Å². The molecule has 3 nitrogen and oxygen atoms in total. The van der Waals surface area contributed by atoms with Crippen LogP contribution in [-0.4, -0.2) is 11.6 Å². The van der Waals surface area contributed by atoms with Crippen molar-refractivity contribution in [2.75, 3.05) is 12.3 Å². The minimum absolute atomic E-state index is 0.620. The molecule has 90 valence electrons. The number of para-hydroxylation sites is 1. The summed E-state index contributed by atoms with van der Waals surface area (Å²) in [6.45, 7) is 4.55. The van der Waals surface area contributed by atoms with Crippen LogP contribution in [0, 0.1) is 6.92 Å². The number of hydrogen-bond donors (Lipinski definition) is 1. The number of thiazole rings is 1. The third-order valence-electron chi connectivity index (χ3n) is 2.12. The van der Waals surface area contributed by atoms with Crippen LogP contribution in [0.5, 0.6) is 5.75 Å². The van der Waals surface area contributed by atoms with E-state index in [4.69, 9.17) is 10.5 Å². The van der Waals surface area contributed by atoms with Gasteiger partial charge in [-0.1, -0.05) is 17.8 Å². The van der Waals surface area contributed by atoms with Crippen LogP contribution in [0.25, 0.3) is 0 Å². The molecule has 0 aliphatic heterocycles. The number of aryl methyl sites for hydroxylation is 1. The number of rotatable bonds is 4. The zero-order valence-electron chi connectivity index (χ0n) is 9.77. The molecule has 2 aromatic rings. The van der Waals surface area contributed by atoms with Crippen LogP contribution in [0.15, 0.2) is 32.8 Å². The summed E-state index contributed by atoms with van der Waals surface area (Å²) >= 11 is 3.21. The average molecular weight is 266 g/mol. The largest absolute Gasteiger partial charge is 0.492 e. The number of nitrogens with two attached hydrogens (primary N) is 1. The van der Waals surface area contributed by atoms with E-state index in [1.807, 2.05) is 37.4 Å². The molecular formula is C12H14N2OS2. The van der Waals surface area contributed by atoms with Crippen LogP contribution < -0.4 is 10.5 Å². The van der Waals surface area contributed by atoms with E-state index in [9.17, 15) is 0 Å². The third kappa shape index (κ3) is 2.92. The second-order valence-corrected chi connectivity index (χ2v) is 5.60. The number of anilines is 1. The fraction of sp³-hybridized carbons (Fsp3) is 0.250. The van der Waals surface area contributed by atoms with E-state index >= 15 is 0 Å². The average Bonchev–Trinajstić information content (AvgIpc) is 2.70. The van der Waals surface area contributed by atoms with Gasteiger partial charge < -0.3 is 10.5 Å². The number of ether oxygens (including phenoxy) is 1. The van der Waals surface area contributed by atoms with Crippen molar-refractivity contribution in [1.82, 2.24) is 4.98 Å². The number of nitrogens with zero attached hydrogens (tertiary/aromatic N) is 1. The van der Waals surface area contributed by atoms with Gasteiger partial charge in [-0.15, -0.1) is 11.3 Å². The topological polar surface area (TPSA) is 48.1 Å². The van der Waals surface area contributed by atoms with Crippen LogP contribution in [0.1, 0.15) is 12.6 Å². The lowest BCUT2D eigenvalue weighted by Crippen LogP contribution is -1.97. The van der Waals surface area contributed by atoms with Gasteiger partial charge in [0.25, 0.3) is 0 Å². The quantitative estimate of drug-likeness (QED) is 0.859. The van der Waals surface area contributed by atoms with Crippen LogP contribution in [0.3, 0.4) is 0 Å². The molecule has 0 amide bonds. The maximum atomic E-state index is 6.06. The molecule has 0 bridgehead atoms. The van der Waals surface area contributed by atoms with Crippen LogP contribution in [-0.2, 0) is 0 Å². The van der Waals surface area contributed by atoms with E-state index in [2.05, 4.69) is 4.98 Å². The molecule has 1 aromatic carbocycles. The van der Waals surface area contributed by atoms with Crippen molar-refractivity contribution in [2.45, 2.75) is 23.1 Å². The van der Waals surface area contributed by atoms with Gasteiger partial charge in [0.15, 0.2) is 4.34 Å². The van der Waals surface area contributed by atoms with E-state index in [0.717, 1.165) is 20.7 Å². The van der Waals surface area contributed by atoms with Gasteiger partial charge in [0.2, 0.25) is 0 Å². The highest BCUT2D eigenvalue weighted by atomic mass is 32.2. The van der Waals surface area contributed by atoms with E-state index in [1.54, 1.807) is 23.1 Å². The first kappa shape index (κ1) is 12.3. The molecular weight excluding hydrogens is 252 g/mol. The van der Waals surface area contributed by atoms with Crippen molar-refractivity contribution in [3.8, 4) is 5.75 Å². The Morgan fingerprint density at radius 2 is 2.29 bits per heavy atom. The van der Waals surface area contributed by atoms with Crippen molar-refractivity contribution in [2.24, 2.45) is 0 Å². The highest BCUT2D eigenvalue weighted by molar-refractivity contribution is 8.01. The van der Waals surface area contributed by atoms with Crippen molar-refractivity contribution in [3.05, 3.63) is 29.3 Å². The summed E-state index contributed by atoms with van der Waals surface area (Å²) in [7, 11) is 0. The lowest BCUT2D eigenvalue weighted by molar-refractivity contribution is 0.341. The Kier molecular flexibility index (Phi) is 3.91. The highest BCUT2D eigenvalue weighted by Gasteiger charge is 2.09. The molecule has 1 aromatic heterocycles. The SMILES string of the molecule is CCOc1cccc(Sc2nc(C)cs2)c1N. The monoisotopic (exact) mass is 266 g/mol. The maximum absolute atomic E-state index is 6.06. The Balaban J connectivity index is 2.23. The maximum Gasteiger partial charge on any atom is 0.154 e. The second kappa shape index (κ2) is 5.42. The molecule has 5 heteroatoms. The minimum Gasteiger partial charge on any atom is -0.492 e. The molecule has 17 heavy (non-hydrogen) atoms. The van der Waals surface area contributed by atoms with Gasteiger partial charge in [0.1, 0.15) is 5.75 Å². The number of benzene rings is 1. The van der Waals surface area contributed by atoms with Crippen molar-refractivity contribution in [1.29, 1.82) is 0 Å². The van der Waals surface area contributed by atoms with Crippen LogP contribution >= 0.6 is 23.1 Å². The molecule has 0 saturated carbocycles. The molecule has 0 aliphatic rings. The first-order valence-corrected chi connectivity index (χ1v) is 7.01. The molecule has 0 aliphatic carbocycles. The minimum atomic E-state index is 0.620. The molecule has 0 unspecified atom stereocenters. The molecule has 1 heterocycles. The normalized spacial score (nSPS) is 10.5. The molecule has 0 spiro atoms. The number of hydrogen-bond acceptors (Lipinski definition) is 5. The Morgan fingerprint density at radius 3 is 2.94 bits per heavy atom. The molecule has 0 atom stereocenters. The second-order valence-electron chi connectivity index (χ2n) is 3.46. The zero-order valence-corrected chi connectivity index (χ0v) is 11.4. The van der Waals surface area contributed by atoms with E-state index in [0.29, 0.717) is 12.3 Å². The molecule has 2 rings (SSSR count). The Hall–Kier alpha value is -1.20. The van der Waals surface area contributed by atoms with Gasteiger partial charge in [-0.2, -0.15) is 0 Å². The van der Waals surface area contributed by atoms with Crippen LogP contribution in [0.4, 0.5) is 5.69 Å². The van der Waals surface area contributed by atoms with E-state index in [1.165, 1.54) is 0 Å². The first-order valence-electron chi connectivity index (χ1n) is 5.32. The van der Waals surface area contributed by atoms with E-state index < -0.39 is 0 Å². The zero-order chi connectivity index (χ0) is 12.3. The van der Waals surface area contributed by atoms with Gasteiger partial charge in [-0.25, -0.2) is 4.98 Å². The molecule has 0 radical (unpaired) electrons. The summed E-state index contributed by atoms with van der Waals surface area (Å²) in [5.41, 5.74) is 7.78. The van der Waals surface area contributed by atoms with Gasteiger partial charge in [-0.05, 0) is 26.0 Å². The van der Waals surface area contributed by atoms with Gasteiger partial charge >= 0.3 is 0 Å². The first-order chi connectivity index (χ1) is 8.20. The standard InChI is InChI=1S/C12H14N2OS2/c1-3-15-9-5-4-6-10(11(9)13)17-12-14-8(2)7-16-12/h4-7H,3,13H2,1-2H3. The van der Waals surface area contributed by atoms with E-state index in [-0.39, 0.29) is 0 Å². The number of aromatic nitrogens is 1. The molecule has 0 fully saturated rings. The lowest BCUT2D eigenvalue weighted by Gasteiger charge is -2.09. The lowest BCUT2D eigenvalue weighted by atomic mass is 10.3. The Labute approximate surface area is 109 Å². The highest BCUT2D eigenvalue weighted by Crippen LogP contribution is 2.37. The predicted molar refractivity (Wildman–Crippen MR) is 73.0 cm³/mol. The Morgan fingerprint density at radius 1 is 1.47 bits per heavy atom. The summed E-state index contributed by atoms with van der Waals surface area (Å²) in [6, 6.07) is 5.82. The van der Waals surface area contributed by atoms with Crippen molar-refractivity contribution >= 4 is 28.8 Å². The van der Waals surface area contributed by atoms with Gasteiger partial charge in [-0.3, -0.25) is 0 Å². The predicted octanol–water partition coefficient (Wildman–Crippen LogP) is 3.58. The fourth-order valence-corrected chi connectivity index (χ4v) is 3.23. The van der Waals surface area contributed by atoms with Crippen molar-refractivity contribution < 1.29 is 4.74 Å². The smallest absolute Gasteiger partial charge is 0.154 e. The summed E-state index contributed by atoms with van der Waals surface area (Å²) in [4.78, 5) is 5.40. The molecule has 0 saturated heterocycles. The number of nitrogen functional groups attached to an aromatic ring is 1. The molecule has 2 N–H and O–H groups in total. The summed E-state index contributed by atoms with van der Waals surface area (Å²) in [5.74, 6) is 0.741. The van der Waals surface area contributed by atoms with Gasteiger partial charge in [0, 0.05) is 16.0 Å².